The third-order valence-electron chi connectivity index (χ3n) is 7.31. The first-order valence-corrected chi connectivity index (χ1v) is 13.2. The van der Waals surface area contributed by atoms with Crippen molar-refractivity contribution in [2.75, 3.05) is 18.0 Å². The monoisotopic (exact) mass is 522 g/mol. The third-order valence-corrected chi connectivity index (χ3v) is 7.94. The fourth-order valence-corrected chi connectivity index (χ4v) is 5.78. The Bertz CT molecular complexity index is 1270. The number of pyridine rings is 1. The van der Waals surface area contributed by atoms with Crippen molar-refractivity contribution in [1.29, 1.82) is 0 Å². The number of aromatic nitrogens is 1. The largest absolute Gasteiger partial charge is 0.481 e. The smallest absolute Gasteiger partial charge is 0.307 e. The van der Waals surface area contributed by atoms with Crippen LogP contribution < -0.4 is 4.90 Å². The quantitative estimate of drug-likeness (QED) is 0.347. The number of rotatable bonds is 8. The molecule has 7 heteroatoms. The van der Waals surface area contributed by atoms with E-state index in [1.807, 2.05) is 24.3 Å². The second-order valence-corrected chi connectivity index (χ2v) is 10.6. The number of Topliss-reactive ketones (excluding diaryl/α,β-unsaturated/α-hetero) is 1. The maximum Gasteiger partial charge on any atom is 0.307 e. The van der Waals surface area contributed by atoms with Crippen molar-refractivity contribution < 1.29 is 14.7 Å². The van der Waals surface area contributed by atoms with E-state index in [1.165, 1.54) is 29.8 Å². The average Bonchev–Trinajstić information content (AvgIpc) is 2.83. The molecule has 0 bridgehead atoms. The molecule has 0 radical (unpaired) electrons. The van der Waals surface area contributed by atoms with Gasteiger partial charge in [0.05, 0.1) is 21.5 Å². The van der Waals surface area contributed by atoms with Gasteiger partial charge in [-0.05, 0) is 73.6 Å². The number of aliphatic carboxylic acids is 1. The number of anilines is 1. The maximum absolute atomic E-state index is 12.8. The first-order valence-electron chi connectivity index (χ1n) is 12.4. The predicted molar refractivity (Wildman–Crippen MR) is 143 cm³/mol. The summed E-state index contributed by atoms with van der Waals surface area (Å²) in [6, 6.07) is 17.2. The van der Waals surface area contributed by atoms with Crippen LogP contribution in [0.3, 0.4) is 0 Å². The zero-order chi connectivity index (χ0) is 25.2. The number of aryl methyl sites for hydroxylation is 2. The number of hydrogen-bond acceptors (Lipinski definition) is 4. The number of fused-ring (bicyclic) bond motifs is 1. The zero-order valence-electron chi connectivity index (χ0n) is 19.9. The molecule has 36 heavy (non-hydrogen) atoms. The summed E-state index contributed by atoms with van der Waals surface area (Å²) in [4.78, 5) is 31.9. The molecule has 5 rings (SSSR count). The van der Waals surface area contributed by atoms with Crippen LogP contribution in [0, 0.1) is 5.92 Å². The number of nitrogens with zero attached hydrogens (tertiary/aromatic N) is 2. The molecular weight excluding hydrogens is 495 g/mol. The Morgan fingerprint density at radius 2 is 1.67 bits per heavy atom. The Morgan fingerprint density at radius 1 is 0.972 bits per heavy atom. The van der Waals surface area contributed by atoms with Crippen LogP contribution >= 0.6 is 23.2 Å². The molecule has 0 spiro atoms. The van der Waals surface area contributed by atoms with Crippen molar-refractivity contribution in [3.8, 4) is 0 Å². The molecule has 0 amide bonds. The summed E-state index contributed by atoms with van der Waals surface area (Å²) in [5, 5.41) is 10.2. The molecular formula is C29H28Cl2N2O3. The van der Waals surface area contributed by atoms with Crippen molar-refractivity contribution in [2.24, 2.45) is 5.92 Å². The third kappa shape index (κ3) is 5.28. The molecule has 5 nitrogen and oxygen atoms in total. The van der Waals surface area contributed by atoms with Crippen LogP contribution in [-0.4, -0.2) is 34.9 Å². The Morgan fingerprint density at radius 3 is 2.36 bits per heavy atom. The highest BCUT2D eigenvalue weighted by atomic mass is 35.5. The predicted octanol–water partition coefficient (Wildman–Crippen LogP) is 6.39. The van der Waals surface area contributed by atoms with E-state index in [-0.39, 0.29) is 34.2 Å². The first kappa shape index (κ1) is 24.8. The van der Waals surface area contributed by atoms with Crippen LogP contribution in [0.25, 0.3) is 0 Å². The highest BCUT2D eigenvalue weighted by molar-refractivity contribution is 6.39. The lowest BCUT2D eigenvalue weighted by atomic mass is 9.90. The van der Waals surface area contributed by atoms with Crippen LogP contribution in [0.1, 0.15) is 58.1 Å². The minimum Gasteiger partial charge on any atom is -0.481 e. The van der Waals surface area contributed by atoms with Crippen LogP contribution in [0.4, 0.5) is 5.69 Å². The highest BCUT2D eigenvalue weighted by Crippen LogP contribution is 2.33. The summed E-state index contributed by atoms with van der Waals surface area (Å²) in [5.74, 6) is -1.80. The SMILES string of the molecule is O=C(C[C@@H](Cc1ccc(N2CC(c3ccc4c(n3)CCCC4)C2)cc1)C(=O)O)c1c(Cl)cccc1Cl. The van der Waals surface area contributed by atoms with Crippen molar-refractivity contribution in [1.82, 2.24) is 4.98 Å². The molecule has 1 fully saturated rings. The van der Waals surface area contributed by atoms with E-state index in [1.54, 1.807) is 18.2 Å². The average molecular weight is 523 g/mol. The van der Waals surface area contributed by atoms with E-state index in [0.717, 1.165) is 37.2 Å². The summed E-state index contributed by atoms with van der Waals surface area (Å²) < 4.78 is 0. The van der Waals surface area contributed by atoms with Crippen molar-refractivity contribution >= 4 is 40.6 Å². The minimum absolute atomic E-state index is 0.165. The molecule has 0 saturated carbocycles. The number of hydrogen-bond donors (Lipinski definition) is 1. The highest BCUT2D eigenvalue weighted by Gasteiger charge is 2.30. The minimum atomic E-state index is -1.02. The van der Waals surface area contributed by atoms with Crippen LogP contribution in [0.15, 0.2) is 54.6 Å². The molecule has 1 aliphatic carbocycles. The standard InChI is InChI=1S/C29H28Cl2N2O3/c30-23-5-3-6-24(31)28(23)27(34)15-20(29(35)36)14-18-8-11-22(12-9-18)33-16-21(17-33)26-13-10-19-4-1-2-7-25(19)32-26/h3,5-6,8-13,20-21H,1-2,4,7,14-17H2,(H,35,36)/t20-/m1/s1. The molecule has 2 aliphatic rings. The fraction of sp³-hybridized carbons (Fsp3) is 0.345. The number of carbonyl (C=O) groups is 2. The number of carbonyl (C=O) groups excluding carboxylic acids is 1. The second kappa shape index (κ2) is 10.6. The van der Waals surface area contributed by atoms with Gasteiger partial charge in [-0.2, -0.15) is 0 Å². The number of benzene rings is 2. The number of ketones is 1. The van der Waals surface area contributed by atoms with Gasteiger partial charge in [-0.3, -0.25) is 14.6 Å². The molecule has 186 valence electrons. The summed E-state index contributed by atoms with van der Waals surface area (Å²) in [6.45, 7) is 1.85. The normalized spacial score (nSPS) is 16.2. The summed E-state index contributed by atoms with van der Waals surface area (Å²) in [5.41, 5.74) is 6.05. The van der Waals surface area contributed by atoms with E-state index in [9.17, 15) is 14.7 Å². The van der Waals surface area contributed by atoms with Crippen molar-refractivity contribution in [3.05, 3.63) is 92.7 Å². The van der Waals surface area contributed by atoms with E-state index in [2.05, 4.69) is 17.0 Å². The Labute approximate surface area is 221 Å². The summed E-state index contributed by atoms with van der Waals surface area (Å²) >= 11 is 12.3. The van der Waals surface area contributed by atoms with Crippen molar-refractivity contribution in [2.45, 2.75) is 44.4 Å². The Balaban J connectivity index is 1.19. The molecule has 1 aromatic heterocycles. The van der Waals surface area contributed by atoms with Gasteiger partial charge < -0.3 is 10.0 Å². The van der Waals surface area contributed by atoms with E-state index in [0.29, 0.717) is 5.92 Å². The van der Waals surface area contributed by atoms with E-state index >= 15 is 0 Å². The van der Waals surface area contributed by atoms with Gasteiger partial charge in [0.15, 0.2) is 5.78 Å². The van der Waals surface area contributed by atoms with Gasteiger partial charge in [-0.15, -0.1) is 0 Å². The summed E-state index contributed by atoms with van der Waals surface area (Å²) in [6.07, 6.45) is 4.83. The van der Waals surface area contributed by atoms with Crippen LogP contribution in [0.2, 0.25) is 10.0 Å². The molecule has 0 unspecified atom stereocenters. The van der Waals surface area contributed by atoms with Crippen LogP contribution in [0.5, 0.6) is 0 Å². The van der Waals surface area contributed by atoms with Gasteiger partial charge in [-0.1, -0.05) is 47.5 Å². The van der Waals surface area contributed by atoms with Crippen LogP contribution in [-0.2, 0) is 24.1 Å². The Kier molecular flexibility index (Phi) is 7.31. The number of halogens is 2. The molecule has 1 aliphatic heterocycles. The zero-order valence-corrected chi connectivity index (χ0v) is 21.4. The first-order chi connectivity index (χ1) is 17.4. The molecule has 1 saturated heterocycles. The number of carboxylic acid groups (broad SMARTS) is 1. The van der Waals surface area contributed by atoms with E-state index < -0.39 is 11.9 Å². The molecule has 2 heterocycles. The maximum atomic E-state index is 12.8. The Hall–Kier alpha value is -2.89. The lowest BCUT2D eigenvalue weighted by molar-refractivity contribution is -0.141. The molecule has 1 N–H and O–H groups in total. The summed E-state index contributed by atoms with van der Waals surface area (Å²) in [7, 11) is 0. The second-order valence-electron chi connectivity index (χ2n) is 9.78. The van der Waals surface area contributed by atoms with E-state index in [4.69, 9.17) is 28.2 Å². The lowest BCUT2D eigenvalue weighted by Crippen LogP contribution is -2.45. The van der Waals surface area contributed by atoms with Gasteiger partial charge in [-0.25, -0.2) is 0 Å². The molecule has 2 aromatic carbocycles. The topological polar surface area (TPSA) is 70.5 Å². The van der Waals surface area contributed by atoms with Gasteiger partial charge in [0.25, 0.3) is 0 Å². The lowest BCUT2D eigenvalue weighted by Gasteiger charge is -2.41. The van der Waals surface area contributed by atoms with Gasteiger partial charge >= 0.3 is 5.97 Å². The molecule has 1 atom stereocenters. The fourth-order valence-electron chi connectivity index (χ4n) is 5.17. The molecule has 3 aromatic rings. The van der Waals surface area contributed by atoms with Gasteiger partial charge in [0.1, 0.15) is 0 Å². The van der Waals surface area contributed by atoms with Gasteiger partial charge in [0.2, 0.25) is 0 Å². The number of carboxylic acids is 1. The van der Waals surface area contributed by atoms with Gasteiger partial charge in [0, 0.05) is 42.5 Å². The van der Waals surface area contributed by atoms with Crippen molar-refractivity contribution in [3.63, 3.8) is 0 Å².